The second kappa shape index (κ2) is 6.44. The summed E-state index contributed by atoms with van der Waals surface area (Å²) >= 11 is 0. The Kier molecular flexibility index (Phi) is 4.76. The summed E-state index contributed by atoms with van der Waals surface area (Å²) in [4.78, 5) is -0.0773. The van der Waals surface area contributed by atoms with Crippen molar-refractivity contribution in [2.24, 2.45) is 5.41 Å². The van der Waals surface area contributed by atoms with Crippen molar-refractivity contribution in [3.63, 3.8) is 0 Å². The van der Waals surface area contributed by atoms with Gasteiger partial charge in [-0.3, -0.25) is 0 Å². The standard InChI is InChI=1S/C16H20F3NO4S/c17-16(18,19)24-12-4-6-13(7-5-12)25(22,23)20-10-2-9-15(11-20)8-1-3-14(15)21/h4-7,14,21H,1-3,8-11H2/t14-,15+/m1/s1. The Balaban J connectivity index is 1.79. The first-order valence-electron chi connectivity index (χ1n) is 8.16. The summed E-state index contributed by atoms with van der Waals surface area (Å²) in [6.45, 7) is 0.592. The van der Waals surface area contributed by atoms with Gasteiger partial charge >= 0.3 is 6.36 Å². The number of halogens is 3. The Morgan fingerprint density at radius 3 is 2.36 bits per heavy atom. The SMILES string of the molecule is O=S(=O)(c1ccc(OC(F)(F)F)cc1)N1CCC[C@@]2(CCC[C@H]2O)C1. The van der Waals surface area contributed by atoms with Crippen LogP contribution >= 0.6 is 0 Å². The van der Waals surface area contributed by atoms with Crippen molar-refractivity contribution in [1.82, 2.24) is 4.31 Å². The lowest BCUT2D eigenvalue weighted by molar-refractivity contribution is -0.274. The Labute approximate surface area is 144 Å². The van der Waals surface area contributed by atoms with Crippen LogP contribution in [-0.2, 0) is 10.0 Å². The molecule has 1 spiro atoms. The van der Waals surface area contributed by atoms with Crippen molar-refractivity contribution in [1.29, 1.82) is 0 Å². The second-order valence-electron chi connectivity index (χ2n) is 6.73. The highest BCUT2D eigenvalue weighted by Gasteiger charge is 2.47. The van der Waals surface area contributed by atoms with E-state index in [0.717, 1.165) is 43.5 Å². The third-order valence-corrected chi connectivity index (χ3v) is 6.99. The molecule has 0 amide bonds. The van der Waals surface area contributed by atoms with Crippen LogP contribution in [0.15, 0.2) is 29.2 Å². The molecule has 25 heavy (non-hydrogen) atoms. The van der Waals surface area contributed by atoms with E-state index in [0.29, 0.717) is 19.4 Å². The molecule has 0 aromatic heterocycles. The molecule has 0 radical (unpaired) electrons. The first-order valence-corrected chi connectivity index (χ1v) is 9.60. The molecule has 2 atom stereocenters. The number of rotatable bonds is 3. The molecule has 1 saturated carbocycles. The molecule has 2 fully saturated rings. The van der Waals surface area contributed by atoms with E-state index in [2.05, 4.69) is 4.74 Å². The van der Waals surface area contributed by atoms with Gasteiger partial charge in [0, 0.05) is 18.5 Å². The molecule has 1 aromatic carbocycles. The van der Waals surface area contributed by atoms with Crippen molar-refractivity contribution in [3.8, 4) is 5.75 Å². The predicted molar refractivity (Wildman–Crippen MR) is 83.4 cm³/mol. The third kappa shape index (κ3) is 3.78. The molecular weight excluding hydrogens is 359 g/mol. The molecule has 1 saturated heterocycles. The van der Waals surface area contributed by atoms with Gasteiger partial charge in [-0.05, 0) is 49.9 Å². The highest BCUT2D eigenvalue weighted by atomic mass is 32.2. The minimum atomic E-state index is -4.82. The first-order chi connectivity index (χ1) is 11.6. The fraction of sp³-hybridized carbons (Fsp3) is 0.625. The average molecular weight is 379 g/mol. The lowest BCUT2D eigenvalue weighted by Crippen LogP contribution is -2.49. The Morgan fingerprint density at radius 1 is 1.16 bits per heavy atom. The Bertz CT molecular complexity index is 720. The maximum Gasteiger partial charge on any atom is 0.573 e. The predicted octanol–water partition coefficient (Wildman–Crippen LogP) is 2.90. The van der Waals surface area contributed by atoms with Crippen LogP contribution in [0.1, 0.15) is 32.1 Å². The summed E-state index contributed by atoms with van der Waals surface area (Å²) < 4.78 is 67.3. The van der Waals surface area contributed by atoms with Crippen LogP contribution < -0.4 is 4.74 Å². The molecule has 0 unspecified atom stereocenters. The number of piperidine rings is 1. The van der Waals surface area contributed by atoms with Gasteiger partial charge in [-0.2, -0.15) is 4.31 Å². The van der Waals surface area contributed by atoms with Crippen molar-refractivity contribution < 1.29 is 31.4 Å². The van der Waals surface area contributed by atoms with E-state index in [9.17, 15) is 26.7 Å². The molecule has 5 nitrogen and oxygen atoms in total. The third-order valence-electron chi connectivity index (χ3n) is 5.13. The Hall–Kier alpha value is -1.32. The number of aliphatic hydroxyl groups excluding tert-OH is 1. The van der Waals surface area contributed by atoms with E-state index in [4.69, 9.17) is 0 Å². The van der Waals surface area contributed by atoms with Gasteiger partial charge in [0.2, 0.25) is 10.0 Å². The molecule has 1 aliphatic carbocycles. The summed E-state index contributed by atoms with van der Waals surface area (Å²) in [6, 6.07) is 4.21. The van der Waals surface area contributed by atoms with Gasteiger partial charge in [-0.25, -0.2) is 8.42 Å². The van der Waals surface area contributed by atoms with Gasteiger partial charge in [-0.1, -0.05) is 6.42 Å². The van der Waals surface area contributed by atoms with Gasteiger partial charge < -0.3 is 9.84 Å². The van der Waals surface area contributed by atoms with Gasteiger partial charge in [0.15, 0.2) is 0 Å². The molecular formula is C16H20F3NO4S. The van der Waals surface area contributed by atoms with Crippen LogP contribution in [0.3, 0.4) is 0 Å². The fourth-order valence-corrected chi connectivity index (χ4v) is 5.46. The van der Waals surface area contributed by atoms with Crippen LogP contribution in [-0.4, -0.2) is 43.4 Å². The van der Waals surface area contributed by atoms with E-state index in [-0.39, 0.29) is 11.4 Å². The maximum atomic E-state index is 12.8. The Morgan fingerprint density at radius 2 is 1.80 bits per heavy atom. The van der Waals surface area contributed by atoms with Crippen LogP contribution in [0, 0.1) is 5.41 Å². The zero-order valence-electron chi connectivity index (χ0n) is 13.5. The topological polar surface area (TPSA) is 66.8 Å². The summed E-state index contributed by atoms with van der Waals surface area (Å²) in [5.74, 6) is -0.465. The fourth-order valence-electron chi connectivity index (χ4n) is 3.88. The van der Waals surface area contributed by atoms with Crippen molar-refractivity contribution in [2.75, 3.05) is 13.1 Å². The number of sulfonamides is 1. The lowest BCUT2D eigenvalue weighted by atomic mass is 9.77. The van der Waals surface area contributed by atoms with E-state index < -0.39 is 33.7 Å². The molecule has 1 aliphatic heterocycles. The van der Waals surface area contributed by atoms with Crippen LogP contribution in [0.5, 0.6) is 5.75 Å². The number of benzene rings is 1. The second-order valence-corrected chi connectivity index (χ2v) is 8.67. The number of aliphatic hydroxyl groups is 1. The van der Waals surface area contributed by atoms with Gasteiger partial charge in [-0.15, -0.1) is 13.2 Å². The lowest BCUT2D eigenvalue weighted by Gasteiger charge is -2.41. The molecule has 3 rings (SSSR count). The van der Waals surface area contributed by atoms with Crippen LogP contribution in [0.25, 0.3) is 0 Å². The monoisotopic (exact) mass is 379 g/mol. The number of ether oxygens (including phenoxy) is 1. The molecule has 0 bridgehead atoms. The van der Waals surface area contributed by atoms with Crippen molar-refractivity contribution >= 4 is 10.0 Å². The summed E-state index contributed by atoms with van der Waals surface area (Å²) in [5, 5.41) is 10.3. The van der Waals surface area contributed by atoms with Crippen LogP contribution in [0.4, 0.5) is 13.2 Å². The van der Waals surface area contributed by atoms with Gasteiger partial charge in [0.1, 0.15) is 5.75 Å². The zero-order valence-corrected chi connectivity index (χ0v) is 14.3. The van der Waals surface area contributed by atoms with E-state index in [1.54, 1.807) is 0 Å². The number of nitrogens with zero attached hydrogens (tertiary/aromatic N) is 1. The normalized spacial score (nSPS) is 28.4. The molecule has 9 heteroatoms. The average Bonchev–Trinajstić information content (AvgIpc) is 2.86. The van der Waals surface area contributed by atoms with Crippen molar-refractivity contribution in [2.45, 2.75) is 49.5 Å². The van der Waals surface area contributed by atoms with E-state index in [1.807, 2.05) is 0 Å². The smallest absolute Gasteiger partial charge is 0.406 e. The minimum absolute atomic E-state index is 0.0773. The largest absolute Gasteiger partial charge is 0.573 e. The maximum absolute atomic E-state index is 12.8. The first kappa shape index (κ1) is 18.5. The van der Waals surface area contributed by atoms with Gasteiger partial charge in [0.25, 0.3) is 0 Å². The number of hydrogen-bond acceptors (Lipinski definition) is 4. The van der Waals surface area contributed by atoms with E-state index >= 15 is 0 Å². The highest BCUT2D eigenvalue weighted by molar-refractivity contribution is 7.89. The summed E-state index contributed by atoms with van der Waals surface area (Å²) in [7, 11) is -3.82. The molecule has 1 heterocycles. The molecule has 2 aliphatic rings. The van der Waals surface area contributed by atoms with Crippen molar-refractivity contribution in [3.05, 3.63) is 24.3 Å². The zero-order chi connectivity index (χ0) is 18.3. The van der Waals surface area contributed by atoms with E-state index in [1.165, 1.54) is 4.31 Å². The summed E-state index contributed by atoms with van der Waals surface area (Å²) in [6.07, 6.45) is -1.54. The molecule has 1 aromatic rings. The van der Waals surface area contributed by atoms with Gasteiger partial charge in [0.05, 0.1) is 11.0 Å². The number of hydrogen-bond donors (Lipinski definition) is 1. The molecule has 140 valence electrons. The summed E-state index contributed by atoms with van der Waals surface area (Å²) in [5.41, 5.74) is -0.398. The quantitative estimate of drug-likeness (QED) is 0.877. The number of alkyl halides is 3. The molecule has 1 N–H and O–H groups in total. The van der Waals surface area contributed by atoms with Crippen LogP contribution in [0.2, 0.25) is 0 Å². The highest BCUT2D eigenvalue weighted by Crippen LogP contribution is 2.46. The minimum Gasteiger partial charge on any atom is -0.406 e.